The van der Waals surface area contributed by atoms with Gasteiger partial charge >= 0.3 is 54.5 Å². The number of nitrogens with zero attached hydrogens (tertiary/aromatic N) is 1. The van der Waals surface area contributed by atoms with Gasteiger partial charge in [0.2, 0.25) is 0 Å². The molecule has 1 aromatic heterocycles. The van der Waals surface area contributed by atoms with Gasteiger partial charge in [-0.1, -0.05) is 0 Å². The molecule has 0 unspecified atom stereocenters. The monoisotopic (exact) mass is 115 g/mol. The van der Waals surface area contributed by atoms with E-state index in [0.29, 0.717) is 0 Å². The van der Waals surface area contributed by atoms with Gasteiger partial charge in [0.25, 0.3) is 0 Å². The summed E-state index contributed by atoms with van der Waals surface area (Å²) < 4.78 is 0. The first-order chi connectivity index (χ1) is 4.43. The van der Waals surface area contributed by atoms with E-state index < -0.39 is 0 Å². The van der Waals surface area contributed by atoms with Gasteiger partial charge in [0.1, 0.15) is 0 Å². The molecule has 0 spiro atoms. The molecule has 0 aromatic carbocycles. The molecule has 0 aliphatic rings. The van der Waals surface area contributed by atoms with E-state index in [0.717, 1.165) is 5.46 Å². The average Bonchev–Trinajstić information content (AvgIpc) is 1.91. The van der Waals surface area contributed by atoms with Gasteiger partial charge in [0.15, 0.2) is 0 Å². The van der Waals surface area contributed by atoms with E-state index in [4.69, 9.17) is 0 Å². The van der Waals surface area contributed by atoms with Crippen LogP contribution in [0.15, 0.2) is 18.4 Å². The second-order valence-corrected chi connectivity index (χ2v) is 1.62. The summed E-state index contributed by atoms with van der Waals surface area (Å²) in [5.74, 6) is 7.56. The van der Waals surface area contributed by atoms with Crippen LogP contribution in [-0.4, -0.2) is 11.9 Å². The normalized spacial score (nSPS) is 7.22. The number of hydrogen-bond acceptors (Lipinski definition) is 1. The van der Waals surface area contributed by atoms with Crippen LogP contribution in [0.5, 0.6) is 0 Å². The predicted molar refractivity (Wildman–Crippen MR) is 38.1 cm³/mol. The summed E-state index contributed by atoms with van der Waals surface area (Å²) in [5, 5.41) is 0. The summed E-state index contributed by atoms with van der Waals surface area (Å²) in [6, 6.07) is 0. The molecule has 0 aliphatic carbocycles. The molecule has 0 radical (unpaired) electrons. The Balaban J connectivity index is 2.94. The third kappa shape index (κ3) is 1.69. The van der Waals surface area contributed by atoms with Crippen LogP contribution in [0.1, 0.15) is 12.4 Å². The molecule has 9 heavy (non-hydrogen) atoms. The maximum absolute atomic E-state index is 3.90. The van der Waals surface area contributed by atoms with Crippen molar-refractivity contribution in [1.82, 2.24) is 4.98 Å². The summed E-state index contributed by atoms with van der Waals surface area (Å²) in [6.45, 7) is 3.75. The summed E-state index contributed by atoms with van der Waals surface area (Å²) in [4.78, 5) is 3.90. The number of hydrogen-bond donors (Lipinski definition) is 0. The molecule has 1 aromatic rings. The van der Waals surface area contributed by atoms with Crippen molar-refractivity contribution < 1.29 is 0 Å². The molecule has 2 heteroatoms. The first-order valence-electron chi connectivity index (χ1n) is 2.76. The summed E-state index contributed by atoms with van der Waals surface area (Å²) in [5.41, 5.74) is 0.972. The molecule has 0 saturated carbocycles. The molecule has 42 valence electrons. The molecule has 0 amide bonds. The van der Waals surface area contributed by atoms with E-state index >= 15 is 0 Å². The van der Waals surface area contributed by atoms with E-state index in [1.54, 1.807) is 12.4 Å². The van der Waals surface area contributed by atoms with Gasteiger partial charge in [-0.2, -0.15) is 0 Å². The fourth-order valence-corrected chi connectivity index (χ4v) is 0.581. The number of aromatic nitrogens is 1. The van der Waals surface area contributed by atoms with Crippen molar-refractivity contribution in [2.45, 2.75) is 6.92 Å². The summed E-state index contributed by atoms with van der Waals surface area (Å²) in [6.07, 6.45) is 3.48. The predicted octanol–water partition coefficient (Wildman–Crippen LogP) is 0.791. The zero-order valence-electron chi connectivity index (χ0n) is 5.26. The van der Waals surface area contributed by atoms with Crippen molar-refractivity contribution in [3.8, 4) is 11.8 Å². The minimum atomic E-state index is 0.972. The molecule has 0 atom stereocenters. The van der Waals surface area contributed by atoms with E-state index in [1.807, 2.05) is 19.8 Å². The summed E-state index contributed by atoms with van der Waals surface area (Å²) >= 11 is 0. The van der Waals surface area contributed by atoms with Crippen molar-refractivity contribution in [3.63, 3.8) is 0 Å². The van der Waals surface area contributed by atoms with Crippen LogP contribution in [-0.2, 0) is 0 Å². The van der Waals surface area contributed by atoms with Crippen molar-refractivity contribution >= 4 is 6.91 Å². The molecule has 0 N–H and O–H groups in total. The first-order valence-corrected chi connectivity index (χ1v) is 2.76. The Morgan fingerprint density at radius 1 is 1.67 bits per heavy atom. The Morgan fingerprint density at radius 2 is 2.56 bits per heavy atom. The third-order valence-corrected chi connectivity index (χ3v) is 0.931. The van der Waals surface area contributed by atoms with Crippen LogP contribution in [0.4, 0.5) is 0 Å². The van der Waals surface area contributed by atoms with Crippen LogP contribution >= 0.6 is 0 Å². The molecule has 1 rings (SSSR count). The van der Waals surface area contributed by atoms with Crippen LogP contribution in [0.2, 0.25) is 0 Å². The van der Waals surface area contributed by atoms with Crippen LogP contribution < -0.4 is 0 Å². The van der Waals surface area contributed by atoms with Crippen LogP contribution in [0, 0.1) is 11.8 Å². The third-order valence-electron chi connectivity index (χ3n) is 0.931. The molecule has 1 nitrogen and oxygen atoms in total. The molecule has 0 saturated heterocycles. The molecule has 0 aliphatic heterocycles. The fraction of sp³-hybridized carbons (Fsp3) is 0.143. The second-order valence-electron chi connectivity index (χ2n) is 1.62. The zero-order valence-corrected chi connectivity index (χ0v) is 5.26. The maximum atomic E-state index is 3.90. The summed E-state index contributed by atoms with van der Waals surface area (Å²) in [7, 11) is 0. The van der Waals surface area contributed by atoms with E-state index in [1.165, 1.54) is 0 Å². The Morgan fingerprint density at radius 3 is 3.11 bits per heavy atom. The molecule has 0 bridgehead atoms. The Kier molecular flexibility index (Phi) is 2.03. The van der Waals surface area contributed by atoms with E-state index in [9.17, 15) is 0 Å². The van der Waals surface area contributed by atoms with Gasteiger partial charge in [0.05, 0.1) is 0 Å². The van der Waals surface area contributed by atoms with Crippen molar-refractivity contribution in [2.24, 2.45) is 0 Å². The van der Waals surface area contributed by atoms with Crippen molar-refractivity contribution in [1.29, 1.82) is 0 Å². The SMILES string of the molecule is CC#Cc1bccnc1. The van der Waals surface area contributed by atoms with Crippen LogP contribution in [0.3, 0.4) is 0 Å². The van der Waals surface area contributed by atoms with E-state index in [2.05, 4.69) is 16.8 Å². The topological polar surface area (TPSA) is 12.9 Å². The number of rotatable bonds is 0. The van der Waals surface area contributed by atoms with Gasteiger partial charge in [0, 0.05) is 0 Å². The molecular weight excluding hydrogens is 109 g/mol. The first kappa shape index (κ1) is 6.03. The molecular formula is C7H6BN. The van der Waals surface area contributed by atoms with Gasteiger partial charge in [-0.15, -0.1) is 0 Å². The van der Waals surface area contributed by atoms with Gasteiger partial charge < -0.3 is 0 Å². The van der Waals surface area contributed by atoms with E-state index in [-0.39, 0.29) is 0 Å². The van der Waals surface area contributed by atoms with Crippen molar-refractivity contribution in [2.75, 3.05) is 0 Å². The second kappa shape index (κ2) is 3.04. The van der Waals surface area contributed by atoms with Gasteiger partial charge in [-0.25, -0.2) is 0 Å². The minimum absolute atomic E-state index is 0.972. The van der Waals surface area contributed by atoms with Gasteiger partial charge in [-0.05, 0) is 0 Å². The quantitative estimate of drug-likeness (QED) is 0.455. The zero-order chi connectivity index (χ0) is 6.53. The van der Waals surface area contributed by atoms with Crippen LogP contribution in [0.25, 0.3) is 0 Å². The molecule has 0 fully saturated rings. The molecule has 1 heterocycles. The Hall–Kier alpha value is -1.10. The Bertz CT molecular complexity index is 232. The van der Waals surface area contributed by atoms with Crippen molar-refractivity contribution in [3.05, 3.63) is 23.8 Å². The fourth-order valence-electron chi connectivity index (χ4n) is 0.581. The Labute approximate surface area is 55.3 Å². The standard InChI is InChI=1S/C7H6BN/c1-2-3-7-6-9-5-4-8-7/h4-6H,1H3. The van der Waals surface area contributed by atoms with Gasteiger partial charge in [-0.3, -0.25) is 0 Å². The average molecular weight is 115 g/mol.